The van der Waals surface area contributed by atoms with Crippen LogP contribution in [0.4, 0.5) is 0 Å². The van der Waals surface area contributed by atoms with Gasteiger partial charge in [0.15, 0.2) is 0 Å². The summed E-state index contributed by atoms with van der Waals surface area (Å²) in [5.74, 6) is 0. The fourth-order valence-electron chi connectivity index (χ4n) is 0. The van der Waals surface area contributed by atoms with Crippen LogP contribution >= 0.6 is 8.02 Å². The Labute approximate surface area is 29.2 Å². The molecule has 0 amide bonds. The van der Waals surface area contributed by atoms with E-state index in [0.29, 0.717) is 0 Å². The molecule has 1 nitrogen and oxygen atoms in total. The van der Waals surface area contributed by atoms with Gasteiger partial charge in [0, 0.05) is 0 Å². The Kier molecular flexibility index (Phi) is 1.84. The van der Waals surface area contributed by atoms with Crippen molar-refractivity contribution in [1.29, 1.82) is 0 Å². The zero-order chi connectivity index (χ0) is 3.58. The van der Waals surface area contributed by atoms with Crippen LogP contribution in [-0.4, -0.2) is 10.9 Å². The van der Waals surface area contributed by atoms with Crippen molar-refractivity contribution in [2.75, 3.05) is 0 Å². The first-order valence-electron chi connectivity index (χ1n) is 0.606. The van der Waals surface area contributed by atoms with Gasteiger partial charge >= 0.3 is 28.3 Å². The van der Waals surface area contributed by atoms with Crippen molar-refractivity contribution >= 4 is 24.1 Å². The van der Waals surface area contributed by atoms with Gasteiger partial charge in [0.05, 0.1) is 0 Å². The molecule has 0 aliphatic carbocycles. The van der Waals surface area contributed by atoms with E-state index >= 15 is 0 Å². The summed E-state index contributed by atoms with van der Waals surface area (Å²) in [6.45, 7) is 4.50. The fourth-order valence-corrected chi connectivity index (χ4v) is 0. The van der Waals surface area contributed by atoms with Gasteiger partial charge in [0.2, 0.25) is 0 Å². The van der Waals surface area contributed by atoms with Crippen LogP contribution in [-0.2, 0) is 9.40 Å². The Morgan fingerprint density at radius 3 is 2.00 bits per heavy atom. The molecule has 4 heavy (non-hydrogen) atoms. The minimum atomic E-state index is -1.31. The molecule has 0 aromatic heterocycles. The summed E-state index contributed by atoms with van der Waals surface area (Å²) >= 11 is 0. The standard InChI is InChI=1S/BHOPS/c1-4(2)3/h3H. The van der Waals surface area contributed by atoms with E-state index in [9.17, 15) is 4.21 Å². The molecule has 0 unspecified atom stereocenters. The first kappa shape index (κ1) is 4.38. The first-order valence-corrected chi connectivity index (χ1v) is 3.04. The molecular formula is HBOPS. The Morgan fingerprint density at radius 1 is 2.00 bits per heavy atom. The monoisotopic (exact) mass is 91.0 g/mol. The topological polar surface area (TPSA) is 17.1 Å². The maximum absolute atomic E-state index is 9.25. The van der Waals surface area contributed by atoms with E-state index in [2.05, 4.69) is 14.7 Å². The van der Waals surface area contributed by atoms with E-state index in [1.54, 1.807) is 0 Å². The van der Waals surface area contributed by atoms with Gasteiger partial charge in [-0.2, -0.15) is 0 Å². The van der Waals surface area contributed by atoms with E-state index in [1.807, 2.05) is 0 Å². The van der Waals surface area contributed by atoms with Crippen LogP contribution in [0.3, 0.4) is 0 Å². The summed E-state index contributed by atoms with van der Waals surface area (Å²) in [5, 5.41) is 0. The average Bonchev–Trinajstić information content (AvgIpc) is 0.811. The minimum absolute atomic E-state index is 1.31. The average molecular weight is 90.9 g/mol. The van der Waals surface area contributed by atoms with E-state index < -0.39 is 9.40 Å². The van der Waals surface area contributed by atoms with Gasteiger partial charge in [-0.1, -0.05) is 0 Å². The number of rotatable bonds is 0. The fraction of sp³-hybridized carbons (Fsp3) is 0. The number of hydrogen-bond donors (Lipinski definition) is 0. The van der Waals surface area contributed by atoms with Crippen molar-refractivity contribution in [2.45, 2.75) is 0 Å². The molecule has 0 aromatic carbocycles. The zero-order valence-corrected chi connectivity index (χ0v) is 3.71. The Hall–Kier alpha value is 0.385. The third-order valence-corrected chi connectivity index (χ3v) is 0. The van der Waals surface area contributed by atoms with Crippen molar-refractivity contribution in [3.63, 3.8) is 0 Å². The van der Waals surface area contributed by atoms with E-state index in [0.717, 1.165) is 0 Å². The van der Waals surface area contributed by atoms with Gasteiger partial charge in [-0.05, 0) is 0 Å². The van der Waals surface area contributed by atoms with Crippen molar-refractivity contribution in [1.82, 2.24) is 0 Å². The quantitative estimate of drug-likeness (QED) is 0.300. The summed E-state index contributed by atoms with van der Waals surface area (Å²) in [6.07, 6.45) is 0. The van der Waals surface area contributed by atoms with E-state index in [-0.39, 0.29) is 0 Å². The molecule has 0 aliphatic heterocycles. The molecule has 4 heteroatoms. The molecule has 0 N–H and O–H groups in total. The molecule has 0 fully saturated rings. The van der Waals surface area contributed by atoms with Crippen LogP contribution in [0.5, 0.6) is 0 Å². The third-order valence-electron chi connectivity index (χ3n) is 0. The summed E-state index contributed by atoms with van der Waals surface area (Å²) in [5.41, 5.74) is 0. The second-order valence-corrected chi connectivity index (χ2v) is 2.10. The molecule has 0 bridgehead atoms. The predicted octanol–water partition coefficient (Wildman–Crippen LogP) is -0.124. The van der Waals surface area contributed by atoms with Crippen molar-refractivity contribution in [3.8, 4) is 0 Å². The Balaban J connectivity index is 4.65. The van der Waals surface area contributed by atoms with Gasteiger partial charge in [-0.15, -0.1) is 0 Å². The van der Waals surface area contributed by atoms with Crippen LogP contribution < -0.4 is 0 Å². The van der Waals surface area contributed by atoms with Crippen LogP contribution in [0, 0.1) is 0 Å². The van der Waals surface area contributed by atoms with Crippen molar-refractivity contribution < 1.29 is 4.21 Å². The second kappa shape index (κ2) is 1.68. The normalized spacial score (nSPS) is 5.75. The van der Waals surface area contributed by atoms with E-state index in [1.165, 1.54) is 0 Å². The molecule has 0 aliphatic rings. The molecule has 0 heterocycles. The molecule has 0 atom stereocenters. The second-order valence-electron chi connectivity index (χ2n) is 0.297. The van der Waals surface area contributed by atoms with Gasteiger partial charge < -0.3 is 0 Å². The molecule has 0 saturated heterocycles. The summed E-state index contributed by atoms with van der Waals surface area (Å²) < 4.78 is 9.25. The molecule has 0 aromatic rings. The van der Waals surface area contributed by atoms with Crippen LogP contribution in [0.2, 0.25) is 0 Å². The summed E-state index contributed by atoms with van der Waals surface area (Å²) in [4.78, 5) is 0. The van der Waals surface area contributed by atoms with Crippen LogP contribution in [0.15, 0.2) is 0 Å². The molecule has 0 saturated carbocycles. The molecule has 1 radical (unpaired) electrons. The molecule has 21 valence electrons. The summed E-state index contributed by atoms with van der Waals surface area (Å²) in [6, 6.07) is 0. The third kappa shape index (κ3) is 30.9. The Morgan fingerprint density at radius 2 is 2.00 bits per heavy atom. The van der Waals surface area contributed by atoms with Gasteiger partial charge in [0.25, 0.3) is 0 Å². The van der Waals surface area contributed by atoms with Gasteiger partial charge in [-0.3, -0.25) is 0 Å². The van der Waals surface area contributed by atoms with Crippen molar-refractivity contribution in [3.05, 3.63) is 0 Å². The molecule has 0 rings (SSSR count). The predicted molar refractivity (Wildman–Crippen MR) is 22.2 cm³/mol. The van der Waals surface area contributed by atoms with Gasteiger partial charge in [-0.25, -0.2) is 0 Å². The first-order chi connectivity index (χ1) is 1.73. The maximum atomic E-state index is 9.25. The van der Waals surface area contributed by atoms with Crippen LogP contribution in [0.1, 0.15) is 0 Å². The molecule has 0 spiro atoms. The van der Waals surface area contributed by atoms with Crippen LogP contribution in [0.25, 0.3) is 0 Å². The zero-order valence-electron chi connectivity index (χ0n) is 1.89. The van der Waals surface area contributed by atoms with Crippen molar-refractivity contribution in [2.24, 2.45) is 0 Å². The van der Waals surface area contributed by atoms with Gasteiger partial charge in [0.1, 0.15) is 0 Å². The molecular weight excluding hydrogens is 89.9 g/mol. The Bertz CT molecular complexity index is 77.4. The number of hydrogen-bond acceptors (Lipinski definition) is 1. The summed E-state index contributed by atoms with van der Waals surface area (Å²) in [7, 11) is 1.26. The SMILES string of the molecule is [B]=S(=O)=P. The van der Waals surface area contributed by atoms with E-state index in [4.69, 9.17) is 0 Å².